The topological polar surface area (TPSA) is 22.1 Å². The molecule has 1 aromatic heterocycles. The SMILES string of the molecule is CCCCCCCCCCCCOc1cccnc1Br. The van der Waals surface area contributed by atoms with Crippen molar-refractivity contribution in [3.63, 3.8) is 0 Å². The molecule has 0 atom stereocenters. The summed E-state index contributed by atoms with van der Waals surface area (Å²) in [7, 11) is 0. The van der Waals surface area contributed by atoms with Crippen LogP contribution in [0.4, 0.5) is 0 Å². The van der Waals surface area contributed by atoms with Crippen molar-refractivity contribution in [3.8, 4) is 5.75 Å². The summed E-state index contributed by atoms with van der Waals surface area (Å²) in [6, 6.07) is 3.85. The summed E-state index contributed by atoms with van der Waals surface area (Å²) in [5.74, 6) is 0.850. The van der Waals surface area contributed by atoms with Crippen molar-refractivity contribution >= 4 is 15.9 Å². The molecular formula is C17H28BrNO. The number of pyridine rings is 1. The molecule has 1 aromatic rings. The number of halogens is 1. The van der Waals surface area contributed by atoms with E-state index in [1.807, 2.05) is 12.1 Å². The van der Waals surface area contributed by atoms with Crippen LogP contribution in [0.3, 0.4) is 0 Å². The summed E-state index contributed by atoms with van der Waals surface area (Å²) in [5, 5.41) is 0. The smallest absolute Gasteiger partial charge is 0.152 e. The van der Waals surface area contributed by atoms with E-state index in [0.717, 1.165) is 23.4 Å². The van der Waals surface area contributed by atoms with Crippen LogP contribution in [0, 0.1) is 0 Å². The standard InChI is InChI=1S/C17H28BrNO/c1-2-3-4-5-6-7-8-9-10-11-15-20-16-13-12-14-19-17(16)18/h12-14H,2-11,15H2,1H3. The average Bonchev–Trinajstić information content (AvgIpc) is 2.46. The van der Waals surface area contributed by atoms with Crippen molar-refractivity contribution in [2.24, 2.45) is 0 Å². The average molecular weight is 342 g/mol. The lowest BCUT2D eigenvalue weighted by Crippen LogP contribution is -1.98. The molecule has 2 nitrogen and oxygen atoms in total. The number of nitrogens with zero attached hydrogens (tertiary/aromatic N) is 1. The van der Waals surface area contributed by atoms with E-state index in [-0.39, 0.29) is 0 Å². The summed E-state index contributed by atoms with van der Waals surface area (Å²) in [5.41, 5.74) is 0. The van der Waals surface area contributed by atoms with Crippen molar-refractivity contribution in [1.82, 2.24) is 4.98 Å². The Morgan fingerprint density at radius 2 is 1.55 bits per heavy atom. The number of aromatic nitrogens is 1. The van der Waals surface area contributed by atoms with Crippen molar-refractivity contribution < 1.29 is 4.74 Å². The van der Waals surface area contributed by atoms with Crippen molar-refractivity contribution in [1.29, 1.82) is 0 Å². The van der Waals surface area contributed by atoms with Gasteiger partial charge in [-0.3, -0.25) is 0 Å². The Balaban J connectivity index is 1.87. The minimum Gasteiger partial charge on any atom is -0.491 e. The molecule has 0 aliphatic carbocycles. The maximum absolute atomic E-state index is 5.70. The van der Waals surface area contributed by atoms with Gasteiger partial charge in [-0.25, -0.2) is 4.98 Å². The Hall–Kier alpha value is -0.570. The Morgan fingerprint density at radius 3 is 2.15 bits per heavy atom. The number of ether oxygens (including phenoxy) is 1. The zero-order valence-electron chi connectivity index (χ0n) is 12.7. The third-order valence-corrected chi connectivity index (χ3v) is 4.08. The van der Waals surface area contributed by atoms with Crippen LogP contribution in [-0.2, 0) is 0 Å². The van der Waals surface area contributed by atoms with Crippen LogP contribution in [-0.4, -0.2) is 11.6 Å². The molecule has 3 heteroatoms. The molecule has 0 N–H and O–H groups in total. The highest BCUT2D eigenvalue weighted by Crippen LogP contribution is 2.21. The van der Waals surface area contributed by atoms with Gasteiger partial charge in [0, 0.05) is 6.20 Å². The van der Waals surface area contributed by atoms with Gasteiger partial charge >= 0.3 is 0 Å². The molecule has 0 unspecified atom stereocenters. The lowest BCUT2D eigenvalue weighted by Gasteiger charge is -2.07. The van der Waals surface area contributed by atoms with Gasteiger partial charge in [0.2, 0.25) is 0 Å². The predicted molar refractivity (Wildman–Crippen MR) is 89.3 cm³/mol. The van der Waals surface area contributed by atoms with Gasteiger partial charge in [0.1, 0.15) is 4.60 Å². The lowest BCUT2D eigenvalue weighted by molar-refractivity contribution is 0.301. The molecule has 0 saturated heterocycles. The first-order valence-electron chi connectivity index (χ1n) is 8.08. The lowest BCUT2D eigenvalue weighted by atomic mass is 10.1. The quantitative estimate of drug-likeness (QED) is 0.336. The fraction of sp³-hybridized carbons (Fsp3) is 0.706. The largest absolute Gasteiger partial charge is 0.491 e. The van der Waals surface area contributed by atoms with Crippen LogP contribution in [0.2, 0.25) is 0 Å². The Kier molecular flexibility index (Phi) is 10.7. The first kappa shape index (κ1) is 17.5. The molecule has 0 saturated carbocycles. The number of hydrogen-bond acceptors (Lipinski definition) is 2. The normalized spacial score (nSPS) is 10.7. The monoisotopic (exact) mass is 341 g/mol. The number of hydrogen-bond donors (Lipinski definition) is 0. The molecule has 0 bridgehead atoms. The molecule has 20 heavy (non-hydrogen) atoms. The molecule has 114 valence electrons. The van der Waals surface area contributed by atoms with Gasteiger partial charge in [-0.15, -0.1) is 0 Å². The van der Waals surface area contributed by atoms with E-state index >= 15 is 0 Å². The van der Waals surface area contributed by atoms with Crippen molar-refractivity contribution in [2.75, 3.05) is 6.61 Å². The van der Waals surface area contributed by atoms with Crippen LogP contribution in [0.1, 0.15) is 71.1 Å². The summed E-state index contributed by atoms with van der Waals surface area (Å²) < 4.78 is 6.50. The van der Waals surface area contributed by atoms with Gasteiger partial charge < -0.3 is 4.74 Å². The molecule has 0 fully saturated rings. The molecule has 0 aliphatic rings. The first-order chi connectivity index (χ1) is 9.84. The van der Waals surface area contributed by atoms with E-state index in [1.54, 1.807) is 6.20 Å². The van der Waals surface area contributed by atoms with E-state index in [0.29, 0.717) is 0 Å². The fourth-order valence-electron chi connectivity index (χ4n) is 2.25. The molecule has 0 radical (unpaired) electrons. The minimum absolute atomic E-state index is 0.792. The van der Waals surface area contributed by atoms with Crippen LogP contribution in [0.5, 0.6) is 5.75 Å². The van der Waals surface area contributed by atoms with Crippen LogP contribution in [0.25, 0.3) is 0 Å². The van der Waals surface area contributed by atoms with Crippen LogP contribution < -0.4 is 4.74 Å². The Morgan fingerprint density at radius 1 is 0.950 bits per heavy atom. The van der Waals surface area contributed by atoms with Crippen LogP contribution >= 0.6 is 15.9 Å². The second-order valence-electron chi connectivity index (χ2n) is 5.32. The highest BCUT2D eigenvalue weighted by Gasteiger charge is 1.99. The fourth-order valence-corrected chi connectivity index (χ4v) is 2.62. The van der Waals surface area contributed by atoms with Crippen molar-refractivity contribution in [2.45, 2.75) is 71.1 Å². The van der Waals surface area contributed by atoms with Crippen molar-refractivity contribution in [3.05, 3.63) is 22.9 Å². The number of rotatable bonds is 12. The van der Waals surface area contributed by atoms with E-state index in [9.17, 15) is 0 Å². The highest BCUT2D eigenvalue weighted by atomic mass is 79.9. The van der Waals surface area contributed by atoms with E-state index in [2.05, 4.69) is 27.8 Å². The maximum Gasteiger partial charge on any atom is 0.152 e. The van der Waals surface area contributed by atoms with Gasteiger partial charge in [-0.2, -0.15) is 0 Å². The number of unbranched alkanes of at least 4 members (excludes halogenated alkanes) is 9. The van der Waals surface area contributed by atoms with Gasteiger partial charge in [-0.1, -0.05) is 64.7 Å². The highest BCUT2D eigenvalue weighted by molar-refractivity contribution is 9.10. The summed E-state index contributed by atoms with van der Waals surface area (Å²) >= 11 is 3.39. The predicted octanol–water partition coefficient (Wildman–Crippen LogP) is 6.14. The minimum atomic E-state index is 0.792. The third kappa shape index (κ3) is 8.57. The second-order valence-corrected chi connectivity index (χ2v) is 6.07. The Bertz CT molecular complexity index is 344. The van der Waals surface area contributed by atoms with Gasteiger partial charge in [-0.05, 0) is 34.5 Å². The van der Waals surface area contributed by atoms with E-state index in [1.165, 1.54) is 57.8 Å². The molecule has 1 rings (SSSR count). The zero-order valence-corrected chi connectivity index (χ0v) is 14.3. The second kappa shape index (κ2) is 12.2. The molecule has 0 amide bonds. The molecule has 0 aromatic carbocycles. The molecule has 0 aliphatic heterocycles. The molecule has 0 spiro atoms. The van der Waals surface area contributed by atoms with Gasteiger partial charge in [0.05, 0.1) is 6.61 Å². The van der Waals surface area contributed by atoms with Crippen LogP contribution in [0.15, 0.2) is 22.9 Å². The van der Waals surface area contributed by atoms with Gasteiger partial charge in [0.15, 0.2) is 5.75 Å². The first-order valence-corrected chi connectivity index (χ1v) is 8.87. The van der Waals surface area contributed by atoms with E-state index in [4.69, 9.17) is 4.74 Å². The van der Waals surface area contributed by atoms with Gasteiger partial charge in [0.25, 0.3) is 0 Å². The van der Waals surface area contributed by atoms with E-state index < -0.39 is 0 Å². The summed E-state index contributed by atoms with van der Waals surface area (Å²) in [6.07, 6.45) is 15.3. The Labute approximate surface area is 132 Å². The maximum atomic E-state index is 5.70. The zero-order chi connectivity index (χ0) is 14.5. The molecular weight excluding hydrogens is 314 g/mol. The summed E-state index contributed by atoms with van der Waals surface area (Å²) in [4.78, 5) is 4.14. The molecule has 1 heterocycles. The third-order valence-electron chi connectivity index (χ3n) is 3.48. The summed E-state index contributed by atoms with van der Waals surface area (Å²) in [6.45, 7) is 3.06.